The van der Waals surface area contributed by atoms with Crippen LogP contribution >= 0.6 is 0 Å². The molecule has 33 heavy (non-hydrogen) atoms. The van der Waals surface area contributed by atoms with Gasteiger partial charge in [0.15, 0.2) is 0 Å². The Labute approximate surface area is 193 Å². The zero-order chi connectivity index (χ0) is 24.0. The fourth-order valence-electron chi connectivity index (χ4n) is 4.86. The zero-order valence-electron chi connectivity index (χ0n) is 19.5. The van der Waals surface area contributed by atoms with Crippen LogP contribution < -0.4 is 10.6 Å². The minimum Gasteiger partial charge on any atom is -0.338 e. The minimum atomic E-state index is -4.90. The average molecular weight is 469 g/mol. The number of likely N-dealkylation sites (tertiary alicyclic amines) is 1. The first-order valence-electron chi connectivity index (χ1n) is 12.0. The number of nitrogens with zero attached hydrogens (tertiary/aromatic N) is 2. The third kappa shape index (κ3) is 6.85. The topological polar surface area (TPSA) is 64.7 Å². The molecule has 0 radical (unpaired) electrons. The number of hydrogen-bond acceptors (Lipinski definition) is 3. The van der Waals surface area contributed by atoms with Crippen molar-refractivity contribution >= 4 is 17.6 Å². The first kappa shape index (κ1) is 25.3. The second-order valence-electron chi connectivity index (χ2n) is 9.08. The molecule has 1 fully saturated rings. The van der Waals surface area contributed by atoms with Crippen molar-refractivity contribution in [2.45, 2.75) is 64.6 Å². The third-order valence-electron chi connectivity index (χ3n) is 6.77. The summed E-state index contributed by atoms with van der Waals surface area (Å²) in [6.45, 7) is 8.29. The van der Waals surface area contributed by atoms with E-state index in [-0.39, 0.29) is 11.7 Å². The van der Waals surface area contributed by atoms with Crippen LogP contribution in [0.1, 0.15) is 50.7 Å². The number of carbonyl (C=O) groups is 2. The van der Waals surface area contributed by atoms with E-state index in [0.717, 1.165) is 75.8 Å². The molecule has 0 saturated carbocycles. The van der Waals surface area contributed by atoms with Gasteiger partial charge in [0, 0.05) is 37.9 Å². The number of amides is 3. The van der Waals surface area contributed by atoms with Crippen molar-refractivity contribution in [2.24, 2.45) is 5.92 Å². The lowest BCUT2D eigenvalue weighted by atomic mass is 9.86. The number of piperidine rings is 1. The Balaban J connectivity index is 1.55. The summed E-state index contributed by atoms with van der Waals surface area (Å²) >= 11 is 0. The smallest absolute Gasteiger partial charge is 0.338 e. The van der Waals surface area contributed by atoms with Crippen molar-refractivity contribution in [1.29, 1.82) is 0 Å². The number of halogens is 3. The highest BCUT2D eigenvalue weighted by Gasteiger charge is 2.38. The Kier molecular flexibility index (Phi) is 8.62. The van der Waals surface area contributed by atoms with Crippen LogP contribution in [0.15, 0.2) is 18.2 Å². The highest BCUT2D eigenvalue weighted by atomic mass is 19.4. The van der Waals surface area contributed by atoms with Gasteiger partial charge in [-0.3, -0.25) is 4.79 Å². The van der Waals surface area contributed by atoms with Gasteiger partial charge in [0.1, 0.15) is 0 Å². The molecule has 1 heterocycles. The largest absolute Gasteiger partial charge is 0.471 e. The molecule has 9 heteroatoms. The molecule has 6 nitrogen and oxygen atoms in total. The maximum atomic E-state index is 12.6. The molecule has 0 spiro atoms. The van der Waals surface area contributed by atoms with Crippen LogP contribution in [-0.2, 0) is 17.6 Å². The summed E-state index contributed by atoms with van der Waals surface area (Å²) in [4.78, 5) is 27.8. The SMILES string of the molecule is CCCNC(=O)N1CCC(CN(CC)C2CCc3ccc(NC(=O)C(F)(F)F)cc3C2)CC1. The summed E-state index contributed by atoms with van der Waals surface area (Å²) in [6.07, 6.45) is 0.628. The van der Waals surface area contributed by atoms with E-state index in [1.807, 2.05) is 23.2 Å². The summed E-state index contributed by atoms with van der Waals surface area (Å²) in [5.74, 6) is -1.42. The van der Waals surface area contributed by atoms with Crippen LogP contribution in [0.3, 0.4) is 0 Å². The number of urea groups is 1. The molecule has 1 saturated heterocycles. The maximum Gasteiger partial charge on any atom is 0.471 e. The highest BCUT2D eigenvalue weighted by Crippen LogP contribution is 2.29. The summed E-state index contributed by atoms with van der Waals surface area (Å²) in [6, 6.07) is 5.41. The Morgan fingerprint density at radius 3 is 2.48 bits per heavy atom. The minimum absolute atomic E-state index is 0.0277. The molecule has 1 aromatic carbocycles. The van der Waals surface area contributed by atoms with Crippen LogP contribution in [0.4, 0.5) is 23.7 Å². The molecule has 0 aromatic heterocycles. The Bertz CT molecular complexity index is 822. The van der Waals surface area contributed by atoms with Gasteiger partial charge < -0.3 is 20.4 Å². The number of alkyl halides is 3. The van der Waals surface area contributed by atoms with Crippen LogP contribution in [0.2, 0.25) is 0 Å². The van der Waals surface area contributed by atoms with Crippen LogP contribution in [0, 0.1) is 5.92 Å². The summed E-state index contributed by atoms with van der Waals surface area (Å²) in [7, 11) is 0. The van der Waals surface area contributed by atoms with Gasteiger partial charge in [-0.15, -0.1) is 0 Å². The first-order valence-corrected chi connectivity index (χ1v) is 12.0. The van der Waals surface area contributed by atoms with E-state index in [1.54, 1.807) is 12.1 Å². The van der Waals surface area contributed by atoms with Gasteiger partial charge in [0.05, 0.1) is 0 Å². The molecule has 184 valence electrons. The Morgan fingerprint density at radius 1 is 1.12 bits per heavy atom. The van der Waals surface area contributed by atoms with Gasteiger partial charge in [0.25, 0.3) is 0 Å². The van der Waals surface area contributed by atoms with E-state index in [2.05, 4.69) is 17.1 Å². The molecule has 1 aliphatic carbocycles. The van der Waals surface area contributed by atoms with Gasteiger partial charge in [0.2, 0.25) is 0 Å². The number of fused-ring (bicyclic) bond motifs is 1. The van der Waals surface area contributed by atoms with E-state index in [4.69, 9.17) is 0 Å². The van der Waals surface area contributed by atoms with E-state index >= 15 is 0 Å². The van der Waals surface area contributed by atoms with Gasteiger partial charge in [-0.05, 0) is 74.2 Å². The van der Waals surface area contributed by atoms with Crippen molar-refractivity contribution in [3.8, 4) is 0 Å². The Morgan fingerprint density at radius 2 is 1.85 bits per heavy atom. The van der Waals surface area contributed by atoms with Gasteiger partial charge >= 0.3 is 18.1 Å². The predicted octanol–water partition coefficient (Wildman–Crippen LogP) is 4.20. The molecule has 1 unspecified atom stereocenters. The standard InChI is InChI=1S/C24H35F3N4O2/c1-3-11-28-23(33)31-12-9-17(10-13-31)16-30(4-2)21-8-6-18-5-7-20(14-19(18)15-21)29-22(32)24(25,26)27/h5,7,14,17,21H,3-4,6,8-13,15-16H2,1-2H3,(H,28,33)(H,29,32). The van der Waals surface area contributed by atoms with Crippen molar-refractivity contribution in [3.05, 3.63) is 29.3 Å². The van der Waals surface area contributed by atoms with E-state index in [9.17, 15) is 22.8 Å². The van der Waals surface area contributed by atoms with Crippen molar-refractivity contribution < 1.29 is 22.8 Å². The summed E-state index contributed by atoms with van der Waals surface area (Å²) in [5.41, 5.74) is 2.33. The van der Waals surface area contributed by atoms with Crippen LogP contribution in [0.25, 0.3) is 0 Å². The number of hydrogen-bond donors (Lipinski definition) is 2. The van der Waals surface area contributed by atoms with E-state index < -0.39 is 12.1 Å². The first-order chi connectivity index (χ1) is 15.7. The molecular formula is C24H35F3N4O2. The van der Waals surface area contributed by atoms with Gasteiger partial charge in [-0.1, -0.05) is 19.9 Å². The van der Waals surface area contributed by atoms with E-state index in [0.29, 0.717) is 18.5 Å². The van der Waals surface area contributed by atoms with Crippen molar-refractivity contribution in [1.82, 2.24) is 15.1 Å². The molecule has 1 atom stereocenters. The van der Waals surface area contributed by atoms with Gasteiger partial charge in [-0.2, -0.15) is 13.2 Å². The monoisotopic (exact) mass is 468 g/mol. The van der Waals surface area contributed by atoms with Gasteiger partial charge in [-0.25, -0.2) is 4.79 Å². The Hall–Kier alpha value is -2.29. The molecule has 3 amide bonds. The predicted molar refractivity (Wildman–Crippen MR) is 122 cm³/mol. The lowest BCUT2D eigenvalue weighted by Crippen LogP contribution is -2.47. The van der Waals surface area contributed by atoms with Crippen LogP contribution in [0.5, 0.6) is 0 Å². The number of nitrogens with one attached hydrogen (secondary N) is 2. The zero-order valence-corrected chi connectivity index (χ0v) is 19.5. The second kappa shape index (κ2) is 11.2. The van der Waals surface area contributed by atoms with Crippen molar-refractivity contribution in [3.63, 3.8) is 0 Å². The number of aryl methyl sites for hydroxylation is 1. The number of carbonyl (C=O) groups excluding carboxylic acids is 2. The van der Waals surface area contributed by atoms with Crippen molar-refractivity contribution in [2.75, 3.05) is 38.0 Å². The normalized spacial score (nSPS) is 19.3. The molecule has 2 aliphatic rings. The lowest BCUT2D eigenvalue weighted by Gasteiger charge is -2.39. The molecular weight excluding hydrogens is 433 g/mol. The lowest BCUT2D eigenvalue weighted by molar-refractivity contribution is -0.167. The van der Waals surface area contributed by atoms with Crippen LogP contribution in [-0.4, -0.2) is 66.7 Å². The summed E-state index contributed by atoms with van der Waals surface area (Å²) < 4.78 is 37.8. The van der Waals surface area contributed by atoms with E-state index in [1.165, 1.54) is 0 Å². The fourth-order valence-corrected chi connectivity index (χ4v) is 4.86. The molecule has 0 bridgehead atoms. The average Bonchev–Trinajstić information content (AvgIpc) is 2.80. The maximum absolute atomic E-state index is 12.6. The fraction of sp³-hybridized carbons (Fsp3) is 0.667. The number of benzene rings is 1. The number of likely N-dealkylation sites (N-methyl/N-ethyl adjacent to an activating group) is 1. The quantitative estimate of drug-likeness (QED) is 0.631. The highest BCUT2D eigenvalue weighted by molar-refractivity contribution is 5.95. The number of rotatable bonds is 7. The second-order valence-corrected chi connectivity index (χ2v) is 9.08. The molecule has 3 rings (SSSR count). The third-order valence-corrected chi connectivity index (χ3v) is 6.77. The molecule has 1 aliphatic heterocycles. The molecule has 2 N–H and O–H groups in total. The molecule has 1 aromatic rings. The summed E-state index contributed by atoms with van der Waals surface area (Å²) in [5, 5.41) is 4.91. The number of anilines is 1.